The van der Waals surface area contributed by atoms with Gasteiger partial charge >= 0.3 is 0 Å². The molecular formula is C11H13NO2S. The van der Waals surface area contributed by atoms with E-state index in [-0.39, 0.29) is 17.8 Å². The standard InChI is InChI=1S/C11H13NO2S/c1-5-8-7(4-14-5)15-11(12)9(8)10(13)6-2-3-6/h5-6H,2-4,12H2,1H3. The lowest BCUT2D eigenvalue weighted by Crippen LogP contribution is -2.07. The predicted molar refractivity (Wildman–Crippen MR) is 59.0 cm³/mol. The van der Waals surface area contributed by atoms with Crippen LogP contribution in [0.15, 0.2) is 0 Å². The summed E-state index contributed by atoms with van der Waals surface area (Å²) in [5, 5.41) is 0.687. The molecule has 3 nitrogen and oxygen atoms in total. The highest BCUT2D eigenvalue weighted by molar-refractivity contribution is 7.16. The largest absolute Gasteiger partial charge is 0.390 e. The number of anilines is 1. The molecule has 1 unspecified atom stereocenters. The summed E-state index contributed by atoms with van der Waals surface area (Å²) in [7, 11) is 0. The van der Waals surface area contributed by atoms with Crippen LogP contribution in [0.25, 0.3) is 0 Å². The first-order valence-electron chi connectivity index (χ1n) is 5.25. The molecule has 0 bridgehead atoms. The summed E-state index contributed by atoms with van der Waals surface area (Å²) in [5.41, 5.74) is 7.75. The molecule has 1 aliphatic heterocycles. The molecule has 0 amide bonds. The molecule has 1 atom stereocenters. The van der Waals surface area contributed by atoms with E-state index in [2.05, 4.69) is 0 Å². The van der Waals surface area contributed by atoms with E-state index in [0.29, 0.717) is 11.6 Å². The summed E-state index contributed by atoms with van der Waals surface area (Å²) in [4.78, 5) is 13.2. The summed E-state index contributed by atoms with van der Waals surface area (Å²) in [5.74, 6) is 0.473. The van der Waals surface area contributed by atoms with Gasteiger partial charge in [-0.15, -0.1) is 11.3 Å². The van der Waals surface area contributed by atoms with Gasteiger partial charge in [-0.05, 0) is 19.8 Å². The monoisotopic (exact) mass is 223 g/mol. The molecule has 1 fully saturated rings. The summed E-state index contributed by atoms with van der Waals surface area (Å²) in [6.07, 6.45) is 2.09. The fourth-order valence-corrected chi connectivity index (χ4v) is 3.22. The number of nitrogen functional groups attached to an aromatic ring is 1. The molecule has 1 aromatic rings. The van der Waals surface area contributed by atoms with Crippen LogP contribution in [0.2, 0.25) is 0 Å². The van der Waals surface area contributed by atoms with Crippen molar-refractivity contribution in [1.29, 1.82) is 0 Å². The van der Waals surface area contributed by atoms with Gasteiger partial charge < -0.3 is 10.5 Å². The minimum atomic E-state index is 0.0336. The van der Waals surface area contributed by atoms with Gasteiger partial charge in [0.2, 0.25) is 0 Å². The SMILES string of the molecule is CC1OCc2sc(N)c(C(=O)C3CC3)c21. The van der Waals surface area contributed by atoms with E-state index in [4.69, 9.17) is 10.5 Å². The van der Waals surface area contributed by atoms with E-state index >= 15 is 0 Å². The summed E-state index contributed by atoms with van der Waals surface area (Å²) in [6.45, 7) is 2.60. The number of rotatable bonds is 2. The van der Waals surface area contributed by atoms with Crippen LogP contribution in [-0.2, 0) is 11.3 Å². The van der Waals surface area contributed by atoms with E-state index in [1.165, 1.54) is 11.3 Å². The maximum Gasteiger partial charge on any atom is 0.169 e. The Kier molecular flexibility index (Phi) is 1.91. The first-order valence-corrected chi connectivity index (χ1v) is 6.07. The zero-order chi connectivity index (χ0) is 10.6. The summed E-state index contributed by atoms with van der Waals surface area (Å²) in [6, 6.07) is 0. The molecular weight excluding hydrogens is 210 g/mol. The quantitative estimate of drug-likeness (QED) is 0.784. The topological polar surface area (TPSA) is 52.3 Å². The van der Waals surface area contributed by atoms with Gasteiger partial charge in [0.1, 0.15) is 0 Å². The van der Waals surface area contributed by atoms with Crippen LogP contribution < -0.4 is 5.73 Å². The molecule has 80 valence electrons. The lowest BCUT2D eigenvalue weighted by atomic mass is 10.0. The molecule has 2 N–H and O–H groups in total. The fraction of sp³-hybridized carbons (Fsp3) is 0.545. The highest BCUT2D eigenvalue weighted by Gasteiger charge is 2.37. The van der Waals surface area contributed by atoms with Gasteiger partial charge in [-0.25, -0.2) is 0 Å². The van der Waals surface area contributed by atoms with Crippen molar-refractivity contribution in [3.05, 3.63) is 16.0 Å². The van der Waals surface area contributed by atoms with Crippen LogP contribution in [0.4, 0.5) is 5.00 Å². The number of nitrogens with two attached hydrogens (primary N) is 1. The second-order valence-corrected chi connectivity index (χ2v) is 5.41. The number of hydrogen-bond donors (Lipinski definition) is 1. The molecule has 1 saturated carbocycles. The molecule has 3 rings (SSSR count). The van der Waals surface area contributed by atoms with Crippen molar-refractivity contribution >= 4 is 22.1 Å². The number of carbonyl (C=O) groups is 1. The van der Waals surface area contributed by atoms with Gasteiger partial charge in [0.25, 0.3) is 0 Å². The molecule has 2 heterocycles. The van der Waals surface area contributed by atoms with Gasteiger partial charge in [0, 0.05) is 16.4 Å². The van der Waals surface area contributed by atoms with E-state index in [0.717, 1.165) is 28.8 Å². The fourth-order valence-electron chi connectivity index (χ4n) is 2.14. The van der Waals surface area contributed by atoms with E-state index in [1.54, 1.807) is 0 Å². The Bertz CT molecular complexity index is 434. The van der Waals surface area contributed by atoms with Crippen LogP contribution in [-0.4, -0.2) is 5.78 Å². The number of ether oxygens (including phenoxy) is 1. The number of thiophene rings is 1. The average molecular weight is 223 g/mol. The lowest BCUT2D eigenvalue weighted by molar-refractivity contribution is 0.0786. The molecule has 15 heavy (non-hydrogen) atoms. The number of fused-ring (bicyclic) bond motifs is 1. The van der Waals surface area contributed by atoms with Gasteiger partial charge in [0.05, 0.1) is 23.3 Å². The second kappa shape index (κ2) is 3.06. The molecule has 0 radical (unpaired) electrons. The van der Waals surface area contributed by atoms with Crippen LogP contribution in [0, 0.1) is 5.92 Å². The van der Waals surface area contributed by atoms with Gasteiger partial charge in [-0.1, -0.05) is 0 Å². The van der Waals surface area contributed by atoms with Crippen molar-refractivity contribution < 1.29 is 9.53 Å². The Hall–Kier alpha value is -0.870. The zero-order valence-electron chi connectivity index (χ0n) is 8.58. The molecule has 2 aliphatic rings. The first-order chi connectivity index (χ1) is 7.18. The Morgan fingerprint density at radius 3 is 2.93 bits per heavy atom. The Morgan fingerprint density at radius 1 is 1.53 bits per heavy atom. The zero-order valence-corrected chi connectivity index (χ0v) is 9.39. The average Bonchev–Trinajstić information content (AvgIpc) is 2.92. The van der Waals surface area contributed by atoms with Crippen molar-refractivity contribution in [2.45, 2.75) is 32.5 Å². The predicted octanol–water partition coefficient (Wildman–Crippen LogP) is 2.51. The Morgan fingerprint density at radius 2 is 2.27 bits per heavy atom. The van der Waals surface area contributed by atoms with E-state index in [9.17, 15) is 4.79 Å². The minimum Gasteiger partial charge on any atom is -0.390 e. The number of carbonyl (C=O) groups excluding carboxylic acids is 1. The number of ketones is 1. The minimum absolute atomic E-state index is 0.0336. The Labute approximate surface area is 92.2 Å². The lowest BCUT2D eigenvalue weighted by Gasteiger charge is -2.06. The molecule has 1 aliphatic carbocycles. The third-order valence-electron chi connectivity index (χ3n) is 3.11. The highest BCUT2D eigenvalue weighted by Crippen LogP contribution is 2.45. The van der Waals surface area contributed by atoms with Gasteiger partial charge in [-0.2, -0.15) is 0 Å². The number of Topliss-reactive ketones (excluding diaryl/α,β-unsaturated/α-hetero) is 1. The molecule has 0 spiro atoms. The van der Waals surface area contributed by atoms with Gasteiger partial charge in [0.15, 0.2) is 5.78 Å². The smallest absolute Gasteiger partial charge is 0.169 e. The van der Waals surface area contributed by atoms with Crippen molar-refractivity contribution in [3.63, 3.8) is 0 Å². The van der Waals surface area contributed by atoms with Crippen molar-refractivity contribution in [2.24, 2.45) is 5.92 Å². The van der Waals surface area contributed by atoms with Crippen LogP contribution in [0.5, 0.6) is 0 Å². The summed E-state index contributed by atoms with van der Waals surface area (Å²) >= 11 is 1.51. The van der Waals surface area contributed by atoms with Crippen LogP contribution >= 0.6 is 11.3 Å². The second-order valence-electron chi connectivity index (χ2n) is 4.27. The third-order valence-corrected chi connectivity index (χ3v) is 4.12. The molecule has 1 aromatic heterocycles. The first kappa shape index (κ1) is 9.36. The highest BCUT2D eigenvalue weighted by atomic mass is 32.1. The maximum atomic E-state index is 12.1. The number of hydrogen-bond acceptors (Lipinski definition) is 4. The van der Waals surface area contributed by atoms with Gasteiger partial charge in [-0.3, -0.25) is 4.79 Å². The van der Waals surface area contributed by atoms with Crippen LogP contribution in [0.1, 0.15) is 46.7 Å². The van der Waals surface area contributed by atoms with Crippen molar-refractivity contribution in [2.75, 3.05) is 5.73 Å². The Balaban J connectivity index is 2.09. The molecule has 4 heteroatoms. The van der Waals surface area contributed by atoms with Crippen molar-refractivity contribution in [1.82, 2.24) is 0 Å². The van der Waals surface area contributed by atoms with Crippen LogP contribution in [0.3, 0.4) is 0 Å². The third kappa shape index (κ3) is 1.32. The maximum absolute atomic E-state index is 12.1. The van der Waals surface area contributed by atoms with E-state index < -0.39 is 0 Å². The molecule has 0 aromatic carbocycles. The van der Waals surface area contributed by atoms with Crippen molar-refractivity contribution in [3.8, 4) is 0 Å². The normalized spacial score (nSPS) is 24.2. The summed E-state index contributed by atoms with van der Waals surface area (Å²) < 4.78 is 5.51. The molecule has 0 saturated heterocycles. The van der Waals surface area contributed by atoms with E-state index in [1.807, 2.05) is 6.92 Å².